The number of hydrogen-bond acceptors (Lipinski definition) is 2. The molecule has 2 nitrogen and oxygen atoms in total. The molecule has 0 heterocycles. The van der Waals surface area contributed by atoms with Gasteiger partial charge in [-0.25, -0.2) is 4.39 Å². The maximum absolute atomic E-state index is 13.4. The summed E-state index contributed by atoms with van der Waals surface area (Å²) in [5.74, 6) is 1.49. The van der Waals surface area contributed by atoms with E-state index in [1.54, 1.807) is 12.1 Å². The Morgan fingerprint density at radius 2 is 2.17 bits per heavy atom. The summed E-state index contributed by atoms with van der Waals surface area (Å²) >= 11 is 0. The van der Waals surface area contributed by atoms with Crippen molar-refractivity contribution in [2.24, 2.45) is 11.8 Å². The summed E-state index contributed by atoms with van der Waals surface area (Å²) in [5.41, 5.74) is 2.17. The first-order chi connectivity index (χ1) is 8.52. The van der Waals surface area contributed by atoms with Crippen molar-refractivity contribution in [2.75, 3.05) is 25.5 Å². The van der Waals surface area contributed by atoms with Crippen molar-refractivity contribution in [3.05, 3.63) is 29.6 Å². The molecule has 0 radical (unpaired) electrons. The molecule has 2 rings (SSSR count). The molecule has 0 aliphatic heterocycles. The van der Waals surface area contributed by atoms with Gasteiger partial charge in [-0.1, -0.05) is 6.92 Å². The predicted octanol–water partition coefficient (Wildman–Crippen LogP) is 3.20. The number of halogens is 1. The minimum Gasteiger partial charge on any atom is -0.374 e. The molecular formula is C15H23FN2. The molecule has 3 heteroatoms. The lowest BCUT2D eigenvalue weighted by atomic mass is 10.0. The van der Waals surface area contributed by atoms with Gasteiger partial charge >= 0.3 is 0 Å². The summed E-state index contributed by atoms with van der Waals surface area (Å²) in [6.45, 7) is 5.42. The molecule has 0 amide bonds. The molecule has 3 atom stereocenters. The molecule has 1 N–H and O–H groups in total. The van der Waals surface area contributed by atoms with Crippen LogP contribution in [0.2, 0.25) is 0 Å². The Hall–Kier alpha value is -1.09. The van der Waals surface area contributed by atoms with E-state index < -0.39 is 0 Å². The lowest BCUT2D eigenvalue weighted by Gasteiger charge is -2.25. The number of anilines is 1. The first kappa shape index (κ1) is 13.3. The van der Waals surface area contributed by atoms with Crippen LogP contribution < -0.4 is 10.2 Å². The fraction of sp³-hybridized carbons (Fsp3) is 0.600. The highest BCUT2D eigenvalue weighted by Gasteiger charge is 2.33. The van der Waals surface area contributed by atoms with E-state index in [0.29, 0.717) is 0 Å². The van der Waals surface area contributed by atoms with Crippen LogP contribution in [0.1, 0.15) is 31.9 Å². The van der Waals surface area contributed by atoms with E-state index in [1.165, 1.54) is 6.42 Å². The summed E-state index contributed by atoms with van der Waals surface area (Å²) in [4.78, 5) is 2.26. The van der Waals surface area contributed by atoms with Crippen molar-refractivity contribution in [3.63, 3.8) is 0 Å². The molecule has 0 spiro atoms. The van der Waals surface area contributed by atoms with Crippen LogP contribution in [0.5, 0.6) is 0 Å². The van der Waals surface area contributed by atoms with E-state index in [-0.39, 0.29) is 11.9 Å². The Bertz CT molecular complexity index is 419. The Morgan fingerprint density at radius 1 is 1.50 bits per heavy atom. The molecule has 1 aromatic carbocycles. The van der Waals surface area contributed by atoms with E-state index in [4.69, 9.17) is 0 Å². The van der Waals surface area contributed by atoms with E-state index in [1.807, 2.05) is 13.1 Å². The normalized spacial score (nSPS) is 23.8. The number of benzene rings is 1. The van der Waals surface area contributed by atoms with Crippen molar-refractivity contribution in [1.82, 2.24) is 5.32 Å². The smallest absolute Gasteiger partial charge is 0.123 e. The first-order valence-corrected chi connectivity index (χ1v) is 6.70. The maximum atomic E-state index is 13.4. The highest BCUT2D eigenvalue weighted by Crippen LogP contribution is 2.39. The van der Waals surface area contributed by atoms with Crippen LogP contribution in [-0.4, -0.2) is 20.6 Å². The van der Waals surface area contributed by atoms with Crippen LogP contribution in [-0.2, 0) is 0 Å². The second kappa shape index (κ2) is 5.27. The zero-order valence-corrected chi connectivity index (χ0v) is 11.7. The number of hydrogen-bond donors (Lipinski definition) is 1. The molecule has 0 aromatic heterocycles. The lowest BCUT2D eigenvalue weighted by molar-refractivity contribution is 0.606. The maximum Gasteiger partial charge on any atom is 0.123 e. The third kappa shape index (κ3) is 2.83. The van der Waals surface area contributed by atoms with Gasteiger partial charge in [-0.05, 0) is 56.0 Å². The fourth-order valence-electron chi connectivity index (χ4n) is 2.48. The molecular weight excluding hydrogens is 227 g/mol. The van der Waals surface area contributed by atoms with Crippen molar-refractivity contribution in [1.29, 1.82) is 0 Å². The topological polar surface area (TPSA) is 15.3 Å². The Morgan fingerprint density at radius 3 is 2.72 bits per heavy atom. The quantitative estimate of drug-likeness (QED) is 0.863. The zero-order valence-electron chi connectivity index (χ0n) is 11.7. The van der Waals surface area contributed by atoms with Gasteiger partial charge in [-0.15, -0.1) is 0 Å². The summed E-state index contributed by atoms with van der Waals surface area (Å²) in [5, 5.41) is 3.19. The third-order valence-electron chi connectivity index (χ3n) is 4.08. The van der Waals surface area contributed by atoms with Gasteiger partial charge in [0.2, 0.25) is 0 Å². The van der Waals surface area contributed by atoms with E-state index >= 15 is 0 Å². The predicted molar refractivity (Wildman–Crippen MR) is 74.4 cm³/mol. The van der Waals surface area contributed by atoms with Gasteiger partial charge in [0.25, 0.3) is 0 Å². The van der Waals surface area contributed by atoms with E-state index in [0.717, 1.165) is 29.6 Å². The van der Waals surface area contributed by atoms with Gasteiger partial charge in [0.15, 0.2) is 0 Å². The lowest BCUT2D eigenvalue weighted by Crippen LogP contribution is -2.24. The van der Waals surface area contributed by atoms with Gasteiger partial charge in [0.05, 0.1) is 0 Å². The highest BCUT2D eigenvalue weighted by atomic mass is 19.1. The molecule has 0 bridgehead atoms. The van der Waals surface area contributed by atoms with Crippen LogP contribution in [0.4, 0.5) is 10.1 Å². The monoisotopic (exact) mass is 250 g/mol. The molecule has 1 saturated carbocycles. The van der Waals surface area contributed by atoms with Crippen LogP contribution in [0, 0.1) is 17.7 Å². The SMILES string of the molecule is CNC(C)c1cc(F)ccc1N(C)CC1CC1C. The molecule has 1 aromatic rings. The summed E-state index contributed by atoms with van der Waals surface area (Å²) in [6, 6.07) is 5.25. The minimum atomic E-state index is -0.163. The van der Waals surface area contributed by atoms with Gasteiger partial charge in [-0.2, -0.15) is 0 Å². The van der Waals surface area contributed by atoms with Gasteiger partial charge in [-0.3, -0.25) is 0 Å². The molecule has 0 saturated heterocycles. The van der Waals surface area contributed by atoms with Gasteiger partial charge in [0, 0.05) is 25.3 Å². The second-order valence-corrected chi connectivity index (χ2v) is 5.57. The summed E-state index contributed by atoms with van der Waals surface area (Å²) < 4.78 is 13.4. The van der Waals surface area contributed by atoms with Crippen LogP contribution in [0.3, 0.4) is 0 Å². The molecule has 1 aliphatic carbocycles. The van der Waals surface area contributed by atoms with Crippen molar-refractivity contribution in [3.8, 4) is 0 Å². The molecule has 100 valence electrons. The third-order valence-corrected chi connectivity index (χ3v) is 4.08. The number of nitrogens with zero attached hydrogens (tertiary/aromatic N) is 1. The number of rotatable bonds is 5. The highest BCUT2D eigenvalue weighted by molar-refractivity contribution is 5.54. The zero-order chi connectivity index (χ0) is 13.3. The largest absolute Gasteiger partial charge is 0.374 e. The molecule has 3 unspecified atom stereocenters. The Balaban J connectivity index is 2.19. The van der Waals surface area contributed by atoms with E-state index in [2.05, 4.69) is 31.1 Å². The average molecular weight is 250 g/mol. The Kier molecular flexibility index (Phi) is 3.91. The van der Waals surface area contributed by atoms with Gasteiger partial charge < -0.3 is 10.2 Å². The van der Waals surface area contributed by atoms with Crippen molar-refractivity contribution >= 4 is 5.69 Å². The standard InChI is InChI=1S/C15H23FN2/c1-10-7-12(10)9-18(4)15-6-5-13(16)8-14(15)11(2)17-3/h5-6,8,10-12,17H,7,9H2,1-4H3. The first-order valence-electron chi connectivity index (χ1n) is 6.70. The van der Waals surface area contributed by atoms with Crippen LogP contribution in [0.15, 0.2) is 18.2 Å². The van der Waals surface area contributed by atoms with Gasteiger partial charge in [0.1, 0.15) is 5.82 Å². The minimum absolute atomic E-state index is 0.162. The fourth-order valence-corrected chi connectivity index (χ4v) is 2.48. The van der Waals surface area contributed by atoms with E-state index in [9.17, 15) is 4.39 Å². The summed E-state index contributed by atoms with van der Waals surface area (Å²) in [6.07, 6.45) is 1.32. The number of nitrogens with one attached hydrogen (secondary N) is 1. The van der Waals surface area contributed by atoms with Crippen molar-refractivity contribution in [2.45, 2.75) is 26.3 Å². The molecule has 1 fully saturated rings. The summed E-state index contributed by atoms with van der Waals surface area (Å²) in [7, 11) is 4.01. The van der Waals surface area contributed by atoms with Crippen LogP contribution >= 0.6 is 0 Å². The van der Waals surface area contributed by atoms with Crippen LogP contribution in [0.25, 0.3) is 0 Å². The van der Waals surface area contributed by atoms with Crippen molar-refractivity contribution < 1.29 is 4.39 Å². The Labute approximate surface area is 109 Å². The second-order valence-electron chi connectivity index (χ2n) is 5.57. The molecule has 18 heavy (non-hydrogen) atoms. The average Bonchev–Trinajstić information content (AvgIpc) is 3.03. The molecule has 1 aliphatic rings.